The summed E-state index contributed by atoms with van der Waals surface area (Å²) >= 11 is 0. The van der Waals surface area contributed by atoms with E-state index in [0.29, 0.717) is 18.5 Å². The monoisotopic (exact) mass is 330 g/mol. The van der Waals surface area contributed by atoms with Crippen LogP contribution >= 0.6 is 0 Å². The van der Waals surface area contributed by atoms with Crippen LogP contribution < -0.4 is 10.6 Å². The summed E-state index contributed by atoms with van der Waals surface area (Å²) in [6, 6.07) is 5.44. The van der Waals surface area contributed by atoms with Crippen molar-refractivity contribution in [2.24, 2.45) is 0 Å². The first kappa shape index (κ1) is 16.2. The molecule has 2 aliphatic rings. The molecule has 0 radical (unpaired) electrons. The molecule has 0 spiro atoms. The van der Waals surface area contributed by atoms with E-state index in [4.69, 9.17) is 5.26 Å². The molecule has 0 bridgehead atoms. The fraction of sp³-hybridized carbons (Fsp3) is 0.471. The van der Waals surface area contributed by atoms with Gasteiger partial charge in [-0.3, -0.25) is 4.79 Å². The van der Waals surface area contributed by atoms with Crippen LogP contribution in [0.15, 0.2) is 18.2 Å². The summed E-state index contributed by atoms with van der Waals surface area (Å²) in [5.41, 5.74) is 0.541. The number of hydrogen-bond donors (Lipinski definition) is 2. The van der Waals surface area contributed by atoms with E-state index in [1.165, 1.54) is 17.0 Å². The van der Waals surface area contributed by atoms with Crippen LogP contribution in [0.1, 0.15) is 36.8 Å². The third kappa shape index (κ3) is 3.65. The Kier molecular flexibility index (Phi) is 4.65. The van der Waals surface area contributed by atoms with Crippen molar-refractivity contribution in [3.63, 3.8) is 0 Å². The number of urea groups is 1. The van der Waals surface area contributed by atoms with E-state index in [2.05, 4.69) is 10.6 Å². The summed E-state index contributed by atoms with van der Waals surface area (Å²) < 4.78 is 13.8. The van der Waals surface area contributed by atoms with E-state index in [1.54, 1.807) is 0 Å². The quantitative estimate of drug-likeness (QED) is 0.880. The lowest BCUT2D eigenvalue weighted by Gasteiger charge is -2.24. The SMILES string of the molecule is N#Cc1ccc(CNC(=O)N2CCCC2C(=O)NC2CC2)c(F)c1. The Bertz CT molecular complexity index is 696. The van der Waals surface area contributed by atoms with E-state index < -0.39 is 11.9 Å². The Morgan fingerprint density at radius 2 is 2.12 bits per heavy atom. The molecule has 1 heterocycles. The van der Waals surface area contributed by atoms with Crippen molar-refractivity contribution in [1.29, 1.82) is 5.26 Å². The van der Waals surface area contributed by atoms with Crippen molar-refractivity contribution < 1.29 is 14.0 Å². The van der Waals surface area contributed by atoms with Crippen molar-refractivity contribution in [2.75, 3.05) is 6.54 Å². The van der Waals surface area contributed by atoms with Gasteiger partial charge in [-0.1, -0.05) is 6.07 Å². The number of amides is 3. The van der Waals surface area contributed by atoms with Crippen LogP contribution in [0.5, 0.6) is 0 Å². The molecule has 126 valence electrons. The second-order valence-corrected chi connectivity index (χ2v) is 6.21. The molecule has 6 nitrogen and oxygen atoms in total. The third-order valence-electron chi connectivity index (χ3n) is 4.35. The van der Waals surface area contributed by atoms with E-state index in [0.717, 1.165) is 25.3 Å². The number of nitriles is 1. The van der Waals surface area contributed by atoms with Crippen LogP contribution in [0.25, 0.3) is 0 Å². The highest BCUT2D eigenvalue weighted by molar-refractivity contribution is 5.88. The number of carbonyl (C=O) groups is 2. The molecule has 2 fully saturated rings. The lowest BCUT2D eigenvalue weighted by Crippen LogP contribution is -2.49. The van der Waals surface area contributed by atoms with Gasteiger partial charge in [0, 0.05) is 24.7 Å². The number of likely N-dealkylation sites (tertiary alicyclic amines) is 1. The Hall–Kier alpha value is -2.62. The van der Waals surface area contributed by atoms with Crippen molar-refractivity contribution in [2.45, 2.75) is 44.3 Å². The zero-order valence-corrected chi connectivity index (χ0v) is 13.2. The van der Waals surface area contributed by atoms with Gasteiger partial charge in [-0.15, -0.1) is 0 Å². The number of nitrogens with one attached hydrogen (secondary N) is 2. The molecule has 24 heavy (non-hydrogen) atoms. The first-order chi connectivity index (χ1) is 11.6. The van der Waals surface area contributed by atoms with Crippen LogP contribution in [0.3, 0.4) is 0 Å². The second-order valence-electron chi connectivity index (χ2n) is 6.21. The third-order valence-corrected chi connectivity index (χ3v) is 4.35. The fourth-order valence-corrected chi connectivity index (χ4v) is 2.84. The highest BCUT2D eigenvalue weighted by atomic mass is 19.1. The minimum atomic E-state index is -0.529. The number of carbonyl (C=O) groups excluding carboxylic acids is 2. The van der Waals surface area contributed by atoms with Gasteiger partial charge in [-0.25, -0.2) is 9.18 Å². The minimum absolute atomic E-state index is 0.0177. The van der Waals surface area contributed by atoms with Gasteiger partial charge in [0.1, 0.15) is 11.9 Å². The topological polar surface area (TPSA) is 85.2 Å². The van der Waals surface area contributed by atoms with Crippen molar-refractivity contribution >= 4 is 11.9 Å². The van der Waals surface area contributed by atoms with Crippen LogP contribution in [-0.2, 0) is 11.3 Å². The molecule has 1 unspecified atom stereocenters. The molecule has 1 aromatic carbocycles. The van der Waals surface area contributed by atoms with Crippen LogP contribution in [0.4, 0.5) is 9.18 Å². The molecule has 0 aromatic heterocycles. The molecule has 1 aliphatic carbocycles. The second kappa shape index (κ2) is 6.87. The molecule has 1 atom stereocenters. The lowest BCUT2D eigenvalue weighted by atomic mass is 10.1. The summed E-state index contributed by atoms with van der Waals surface area (Å²) in [6.45, 7) is 0.536. The van der Waals surface area contributed by atoms with E-state index >= 15 is 0 Å². The lowest BCUT2D eigenvalue weighted by molar-refractivity contribution is -0.124. The average molecular weight is 330 g/mol. The van der Waals surface area contributed by atoms with Gasteiger partial charge < -0.3 is 15.5 Å². The maximum atomic E-state index is 13.8. The molecule has 1 aliphatic heterocycles. The van der Waals surface area contributed by atoms with Gasteiger partial charge in [0.15, 0.2) is 0 Å². The first-order valence-electron chi connectivity index (χ1n) is 8.12. The van der Waals surface area contributed by atoms with E-state index in [-0.39, 0.29) is 30.1 Å². The van der Waals surface area contributed by atoms with E-state index in [1.807, 2.05) is 6.07 Å². The standard InChI is InChI=1S/C17H19FN4O2/c18-14-8-11(9-19)3-4-12(14)10-20-17(24)22-7-1-2-15(22)16(23)21-13-5-6-13/h3-4,8,13,15H,1-2,5-7,10H2,(H,20,24)(H,21,23). The average Bonchev–Trinajstić information content (AvgIpc) is 3.25. The predicted octanol–water partition coefficient (Wildman–Crippen LogP) is 1.65. The van der Waals surface area contributed by atoms with Crippen molar-refractivity contribution in [1.82, 2.24) is 15.5 Å². The van der Waals surface area contributed by atoms with Crippen LogP contribution in [0, 0.1) is 17.1 Å². The molecule has 3 amide bonds. The Morgan fingerprint density at radius 1 is 1.33 bits per heavy atom. The number of nitrogens with zero attached hydrogens (tertiary/aromatic N) is 2. The highest BCUT2D eigenvalue weighted by Gasteiger charge is 2.36. The maximum Gasteiger partial charge on any atom is 0.318 e. The largest absolute Gasteiger partial charge is 0.352 e. The smallest absolute Gasteiger partial charge is 0.318 e. The first-order valence-corrected chi connectivity index (χ1v) is 8.12. The highest BCUT2D eigenvalue weighted by Crippen LogP contribution is 2.22. The molecule has 1 aromatic rings. The Labute approximate surface area is 139 Å². The molecular weight excluding hydrogens is 311 g/mol. The molecule has 2 N–H and O–H groups in total. The predicted molar refractivity (Wildman–Crippen MR) is 84.2 cm³/mol. The summed E-state index contributed by atoms with van der Waals surface area (Å²) in [5.74, 6) is -0.631. The maximum absolute atomic E-state index is 13.8. The Morgan fingerprint density at radius 3 is 2.79 bits per heavy atom. The molecule has 7 heteroatoms. The number of rotatable bonds is 4. The number of hydrogen-bond acceptors (Lipinski definition) is 3. The van der Waals surface area contributed by atoms with Gasteiger partial charge in [0.2, 0.25) is 5.91 Å². The minimum Gasteiger partial charge on any atom is -0.352 e. The van der Waals surface area contributed by atoms with Gasteiger partial charge in [0.05, 0.1) is 11.6 Å². The zero-order chi connectivity index (χ0) is 17.1. The molecular formula is C17H19FN4O2. The van der Waals surface area contributed by atoms with Gasteiger partial charge in [-0.2, -0.15) is 5.26 Å². The molecule has 3 rings (SSSR count). The zero-order valence-electron chi connectivity index (χ0n) is 13.2. The summed E-state index contributed by atoms with van der Waals surface area (Å²) in [6.07, 6.45) is 3.43. The fourth-order valence-electron chi connectivity index (χ4n) is 2.84. The molecule has 1 saturated carbocycles. The van der Waals surface area contributed by atoms with Gasteiger partial charge in [0.25, 0.3) is 0 Å². The van der Waals surface area contributed by atoms with Crippen molar-refractivity contribution in [3.05, 3.63) is 35.1 Å². The number of benzene rings is 1. The number of halogens is 1. The summed E-state index contributed by atoms with van der Waals surface area (Å²) in [7, 11) is 0. The van der Waals surface area contributed by atoms with E-state index in [9.17, 15) is 14.0 Å². The van der Waals surface area contributed by atoms with Gasteiger partial charge >= 0.3 is 6.03 Å². The summed E-state index contributed by atoms with van der Waals surface area (Å²) in [4.78, 5) is 26.0. The molecule has 1 saturated heterocycles. The van der Waals surface area contributed by atoms with Crippen molar-refractivity contribution in [3.8, 4) is 6.07 Å². The summed E-state index contributed by atoms with van der Waals surface area (Å²) in [5, 5.41) is 14.3. The van der Waals surface area contributed by atoms with Gasteiger partial charge in [-0.05, 0) is 37.8 Å². The normalized spacial score (nSPS) is 19.7. The Balaban J connectivity index is 1.57. The van der Waals surface area contributed by atoms with Crippen LogP contribution in [0.2, 0.25) is 0 Å². The van der Waals surface area contributed by atoms with Crippen LogP contribution in [-0.4, -0.2) is 35.5 Å².